The van der Waals surface area contributed by atoms with E-state index in [9.17, 15) is 4.79 Å². The van der Waals surface area contributed by atoms with E-state index < -0.39 is 0 Å². The fraction of sp³-hybridized carbons (Fsp3) is 0.692. The second-order valence-corrected chi connectivity index (χ2v) is 4.82. The van der Waals surface area contributed by atoms with E-state index in [1.165, 1.54) is 0 Å². The van der Waals surface area contributed by atoms with Crippen molar-refractivity contribution in [2.45, 2.75) is 59.0 Å². The monoisotopic (exact) mass is 236 g/mol. The fourth-order valence-electron chi connectivity index (χ4n) is 2.09. The number of carbonyl (C=O) groups is 1. The van der Waals surface area contributed by atoms with Crippen LogP contribution in [0.5, 0.6) is 0 Å². The van der Waals surface area contributed by atoms with Crippen molar-refractivity contribution in [1.82, 2.24) is 14.9 Å². The van der Waals surface area contributed by atoms with Crippen LogP contribution in [0.15, 0.2) is 6.20 Å². The lowest BCUT2D eigenvalue weighted by Crippen LogP contribution is -2.41. The van der Waals surface area contributed by atoms with Crippen LogP contribution in [0, 0.1) is 6.20 Å². The molecule has 17 heavy (non-hydrogen) atoms. The molecule has 4 nitrogen and oxygen atoms in total. The van der Waals surface area contributed by atoms with E-state index in [0.717, 1.165) is 18.7 Å². The van der Waals surface area contributed by atoms with E-state index >= 15 is 0 Å². The van der Waals surface area contributed by atoms with Gasteiger partial charge in [0.25, 0.3) is 0 Å². The highest BCUT2D eigenvalue weighted by Gasteiger charge is 2.19. The molecule has 0 atom stereocenters. The minimum absolute atomic E-state index is 0.227. The summed E-state index contributed by atoms with van der Waals surface area (Å²) >= 11 is 0. The summed E-state index contributed by atoms with van der Waals surface area (Å²) in [6.07, 6.45) is 6.63. The first-order valence-electron chi connectivity index (χ1n) is 6.24. The Labute approximate surface area is 103 Å². The number of aryl methyl sites for hydroxylation is 1. The van der Waals surface area contributed by atoms with Crippen LogP contribution in [0.25, 0.3) is 0 Å². The predicted octanol–water partition coefficient (Wildman–Crippen LogP) is 2.18. The molecule has 95 valence electrons. The van der Waals surface area contributed by atoms with Gasteiger partial charge >= 0.3 is 0 Å². The van der Waals surface area contributed by atoms with Crippen molar-refractivity contribution in [1.29, 1.82) is 0 Å². The Morgan fingerprint density at radius 3 is 2.53 bits per heavy atom. The number of rotatable bonds is 6. The van der Waals surface area contributed by atoms with E-state index in [1.807, 2.05) is 4.90 Å². The number of amides is 1. The highest BCUT2D eigenvalue weighted by atomic mass is 16.2. The third-order valence-corrected chi connectivity index (χ3v) is 2.71. The van der Waals surface area contributed by atoms with Gasteiger partial charge in [0.1, 0.15) is 12.0 Å². The van der Waals surface area contributed by atoms with Crippen molar-refractivity contribution >= 4 is 5.91 Å². The van der Waals surface area contributed by atoms with Gasteiger partial charge in [-0.2, -0.15) is 0 Å². The van der Waals surface area contributed by atoms with Gasteiger partial charge in [-0.3, -0.25) is 4.79 Å². The highest BCUT2D eigenvalue weighted by Crippen LogP contribution is 2.09. The fourth-order valence-corrected chi connectivity index (χ4v) is 2.09. The lowest BCUT2D eigenvalue weighted by Gasteiger charge is -2.30. The molecule has 1 amide bonds. The summed E-state index contributed by atoms with van der Waals surface area (Å²) in [5.41, 5.74) is 0. The van der Waals surface area contributed by atoms with E-state index in [4.69, 9.17) is 0 Å². The lowest BCUT2D eigenvalue weighted by molar-refractivity contribution is -0.134. The topological polar surface area (TPSA) is 49.0 Å². The summed E-state index contributed by atoms with van der Waals surface area (Å²) in [6, 6.07) is 0.527. The van der Waals surface area contributed by atoms with Crippen LogP contribution in [-0.2, 0) is 11.2 Å². The molecule has 0 aliphatic heterocycles. The van der Waals surface area contributed by atoms with Crippen molar-refractivity contribution in [2.75, 3.05) is 0 Å². The summed E-state index contributed by atoms with van der Waals surface area (Å²) in [7, 11) is 0. The van der Waals surface area contributed by atoms with Gasteiger partial charge in [0, 0.05) is 31.1 Å². The molecular weight excluding hydrogens is 214 g/mol. The number of aromatic nitrogens is 2. The molecule has 0 aliphatic rings. The van der Waals surface area contributed by atoms with Crippen LogP contribution in [0.1, 0.15) is 46.4 Å². The molecule has 1 radical (unpaired) electrons. The van der Waals surface area contributed by atoms with Gasteiger partial charge in [-0.15, -0.1) is 0 Å². The standard InChI is InChI=1S/C13H22N3O/c1-10(2)16(11(3)4)13(17)7-5-6-12-14-8-9-15-12/h8,10-11H,5-7H2,1-4H3,(H,14,15). The SMILES string of the molecule is CC(C)N(C(=O)CCCc1n[c]c[nH]1)C(C)C. The number of H-pyrrole nitrogens is 1. The molecule has 0 bridgehead atoms. The molecule has 1 rings (SSSR count). The maximum absolute atomic E-state index is 12.0. The molecule has 1 aromatic rings. The van der Waals surface area contributed by atoms with Crippen molar-refractivity contribution in [3.8, 4) is 0 Å². The van der Waals surface area contributed by atoms with Crippen LogP contribution in [-0.4, -0.2) is 32.9 Å². The zero-order valence-corrected chi connectivity index (χ0v) is 11.2. The highest BCUT2D eigenvalue weighted by molar-refractivity contribution is 5.76. The molecule has 0 aliphatic carbocycles. The van der Waals surface area contributed by atoms with Gasteiger partial charge in [0.2, 0.25) is 5.91 Å². The van der Waals surface area contributed by atoms with Crippen LogP contribution in [0.2, 0.25) is 0 Å². The van der Waals surface area contributed by atoms with Crippen molar-refractivity contribution in [3.63, 3.8) is 0 Å². The third kappa shape index (κ3) is 4.21. The summed E-state index contributed by atoms with van der Waals surface area (Å²) in [5.74, 6) is 1.13. The Morgan fingerprint density at radius 1 is 1.41 bits per heavy atom. The van der Waals surface area contributed by atoms with Crippen LogP contribution in [0.4, 0.5) is 0 Å². The largest absolute Gasteiger partial charge is 0.348 e. The number of hydrogen-bond donors (Lipinski definition) is 1. The first-order valence-corrected chi connectivity index (χ1v) is 6.24. The minimum atomic E-state index is 0.227. The van der Waals surface area contributed by atoms with Gasteiger partial charge in [-0.1, -0.05) is 0 Å². The summed E-state index contributed by atoms with van der Waals surface area (Å²) in [5, 5.41) is 0. The molecule has 1 N–H and O–H groups in total. The number of imidazole rings is 1. The second-order valence-electron chi connectivity index (χ2n) is 4.82. The summed E-state index contributed by atoms with van der Waals surface area (Å²) < 4.78 is 0. The van der Waals surface area contributed by atoms with Crippen LogP contribution < -0.4 is 0 Å². The Hall–Kier alpha value is -1.32. The molecule has 0 spiro atoms. The predicted molar refractivity (Wildman–Crippen MR) is 67.5 cm³/mol. The Morgan fingerprint density at radius 2 is 2.06 bits per heavy atom. The third-order valence-electron chi connectivity index (χ3n) is 2.71. The maximum Gasteiger partial charge on any atom is 0.223 e. The van der Waals surface area contributed by atoms with Gasteiger partial charge < -0.3 is 9.88 Å². The number of nitrogens with zero attached hydrogens (tertiary/aromatic N) is 2. The van der Waals surface area contributed by atoms with Crippen LogP contribution in [0.3, 0.4) is 0 Å². The molecule has 1 aromatic heterocycles. The van der Waals surface area contributed by atoms with Gasteiger partial charge in [-0.05, 0) is 34.1 Å². The van der Waals surface area contributed by atoms with E-state index in [0.29, 0.717) is 6.42 Å². The number of hydrogen-bond acceptors (Lipinski definition) is 2. The molecule has 4 heteroatoms. The molecule has 0 saturated heterocycles. The maximum atomic E-state index is 12.0. The van der Waals surface area contributed by atoms with E-state index in [1.54, 1.807) is 6.20 Å². The lowest BCUT2D eigenvalue weighted by atomic mass is 10.1. The Balaban J connectivity index is 2.37. The smallest absolute Gasteiger partial charge is 0.223 e. The molecule has 0 unspecified atom stereocenters. The molecular formula is C13H22N3O. The van der Waals surface area contributed by atoms with E-state index in [-0.39, 0.29) is 18.0 Å². The average molecular weight is 236 g/mol. The number of carbonyl (C=O) groups excluding carboxylic acids is 1. The number of aromatic amines is 1. The van der Waals surface area contributed by atoms with E-state index in [2.05, 4.69) is 43.9 Å². The molecule has 0 fully saturated rings. The van der Waals surface area contributed by atoms with Crippen molar-refractivity contribution < 1.29 is 4.79 Å². The van der Waals surface area contributed by atoms with Gasteiger partial charge in [0.05, 0.1) is 0 Å². The zero-order valence-electron chi connectivity index (χ0n) is 11.2. The molecule has 1 heterocycles. The van der Waals surface area contributed by atoms with Gasteiger partial charge in [0.15, 0.2) is 0 Å². The van der Waals surface area contributed by atoms with Crippen LogP contribution >= 0.6 is 0 Å². The zero-order chi connectivity index (χ0) is 12.8. The quantitative estimate of drug-likeness (QED) is 0.823. The average Bonchev–Trinajstić information content (AvgIpc) is 2.69. The second kappa shape index (κ2) is 6.42. The minimum Gasteiger partial charge on any atom is -0.348 e. The normalized spacial score (nSPS) is 11.2. The Bertz CT molecular complexity index is 322. The first kappa shape index (κ1) is 13.7. The molecule has 0 aromatic carbocycles. The summed E-state index contributed by atoms with van der Waals surface area (Å²) in [6.45, 7) is 8.22. The van der Waals surface area contributed by atoms with Crippen molar-refractivity contribution in [3.05, 3.63) is 18.2 Å². The van der Waals surface area contributed by atoms with Crippen molar-refractivity contribution in [2.24, 2.45) is 0 Å². The van der Waals surface area contributed by atoms with Gasteiger partial charge in [-0.25, -0.2) is 4.98 Å². The number of nitrogens with one attached hydrogen (secondary N) is 1. The Kier molecular flexibility index (Phi) is 5.19. The first-order chi connectivity index (χ1) is 8.02. The molecule has 0 saturated carbocycles. The summed E-state index contributed by atoms with van der Waals surface area (Å²) in [4.78, 5) is 21.0.